The zero-order chi connectivity index (χ0) is 17.7. The highest BCUT2D eigenvalue weighted by Gasteiger charge is 2.30. The summed E-state index contributed by atoms with van der Waals surface area (Å²) in [4.78, 5) is 26.4. The van der Waals surface area contributed by atoms with Crippen LogP contribution in [-0.4, -0.2) is 42.5 Å². The van der Waals surface area contributed by atoms with Gasteiger partial charge < -0.3 is 10.1 Å². The number of ether oxygens (including phenoxy) is 1. The van der Waals surface area contributed by atoms with Gasteiger partial charge in [0.2, 0.25) is 0 Å². The van der Waals surface area contributed by atoms with Gasteiger partial charge >= 0.3 is 5.97 Å². The molecule has 0 aromatic heterocycles. The van der Waals surface area contributed by atoms with E-state index in [-0.39, 0.29) is 29.8 Å². The van der Waals surface area contributed by atoms with E-state index < -0.39 is 6.10 Å². The van der Waals surface area contributed by atoms with Crippen molar-refractivity contribution in [1.29, 1.82) is 0 Å². The first kappa shape index (κ1) is 18.4. The van der Waals surface area contributed by atoms with Gasteiger partial charge in [-0.05, 0) is 58.0 Å². The highest BCUT2D eigenvalue weighted by molar-refractivity contribution is 5.85. The van der Waals surface area contributed by atoms with Gasteiger partial charge in [0.05, 0.1) is 6.04 Å². The predicted molar refractivity (Wildman–Crippen MR) is 88.8 cm³/mol. The van der Waals surface area contributed by atoms with Crippen molar-refractivity contribution in [2.24, 2.45) is 0 Å². The van der Waals surface area contributed by atoms with Gasteiger partial charge in [0.15, 0.2) is 6.10 Å². The molecule has 1 aliphatic rings. The maximum absolute atomic E-state index is 12.9. The minimum Gasteiger partial charge on any atom is -0.451 e. The molecular weight excluding hydrogens is 311 g/mol. The summed E-state index contributed by atoms with van der Waals surface area (Å²) in [5.41, 5.74) is 0.787. The Morgan fingerprint density at radius 1 is 1.25 bits per heavy atom. The highest BCUT2D eigenvalue weighted by atomic mass is 19.1. The van der Waals surface area contributed by atoms with Crippen LogP contribution in [0.1, 0.15) is 44.7 Å². The molecule has 0 unspecified atom stereocenters. The first-order valence-electron chi connectivity index (χ1n) is 8.35. The topological polar surface area (TPSA) is 58.6 Å². The fourth-order valence-electron chi connectivity index (χ4n) is 2.84. The zero-order valence-electron chi connectivity index (χ0n) is 14.4. The monoisotopic (exact) mass is 336 g/mol. The van der Waals surface area contributed by atoms with Crippen molar-refractivity contribution in [3.8, 4) is 0 Å². The third-order valence-electron chi connectivity index (χ3n) is 4.43. The first-order chi connectivity index (χ1) is 11.4. The molecule has 1 saturated heterocycles. The molecule has 6 heteroatoms. The smallest absolute Gasteiger partial charge is 0.324 e. The van der Waals surface area contributed by atoms with Gasteiger partial charge in [0.25, 0.3) is 5.91 Å². The molecule has 0 aliphatic carbocycles. The van der Waals surface area contributed by atoms with E-state index in [0.717, 1.165) is 31.4 Å². The van der Waals surface area contributed by atoms with Gasteiger partial charge in [-0.2, -0.15) is 0 Å². The van der Waals surface area contributed by atoms with E-state index in [1.54, 1.807) is 26.0 Å². The highest BCUT2D eigenvalue weighted by Crippen LogP contribution is 2.17. The lowest BCUT2D eigenvalue weighted by molar-refractivity contribution is -0.160. The Balaban J connectivity index is 1.87. The van der Waals surface area contributed by atoms with Gasteiger partial charge in [-0.1, -0.05) is 18.6 Å². The van der Waals surface area contributed by atoms with Crippen LogP contribution >= 0.6 is 0 Å². The molecule has 1 heterocycles. The summed E-state index contributed by atoms with van der Waals surface area (Å²) in [5, 5.41) is 2.78. The maximum Gasteiger partial charge on any atom is 0.324 e. The molecular formula is C18H25FN2O3. The van der Waals surface area contributed by atoms with Crippen molar-refractivity contribution in [1.82, 2.24) is 10.2 Å². The second-order valence-electron chi connectivity index (χ2n) is 6.35. The summed E-state index contributed by atoms with van der Waals surface area (Å²) in [5.74, 6) is -1.04. The Hall–Kier alpha value is -1.95. The average Bonchev–Trinajstić information content (AvgIpc) is 2.55. The molecule has 5 nitrogen and oxygen atoms in total. The van der Waals surface area contributed by atoms with E-state index >= 15 is 0 Å². The van der Waals surface area contributed by atoms with Crippen molar-refractivity contribution in [3.63, 3.8) is 0 Å². The van der Waals surface area contributed by atoms with Crippen molar-refractivity contribution in [2.75, 3.05) is 13.6 Å². The normalized spacial score (nSPS) is 20.9. The largest absolute Gasteiger partial charge is 0.451 e. The van der Waals surface area contributed by atoms with Crippen LogP contribution in [0.3, 0.4) is 0 Å². The van der Waals surface area contributed by atoms with E-state index in [4.69, 9.17) is 4.74 Å². The number of amides is 1. The number of carbonyl (C=O) groups is 2. The lowest BCUT2D eigenvalue weighted by Crippen LogP contribution is -2.46. The third-order valence-corrected chi connectivity index (χ3v) is 4.43. The van der Waals surface area contributed by atoms with Crippen LogP contribution in [0.4, 0.5) is 4.39 Å². The summed E-state index contributed by atoms with van der Waals surface area (Å²) in [6.07, 6.45) is 1.96. The molecule has 2 rings (SSSR count). The summed E-state index contributed by atoms with van der Waals surface area (Å²) in [6.45, 7) is 4.23. The summed E-state index contributed by atoms with van der Waals surface area (Å²) < 4.78 is 18.3. The fraction of sp³-hybridized carbons (Fsp3) is 0.556. The van der Waals surface area contributed by atoms with E-state index in [2.05, 4.69) is 5.32 Å². The molecule has 1 fully saturated rings. The summed E-state index contributed by atoms with van der Waals surface area (Å²) >= 11 is 0. The molecule has 1 N–H and O–H groups in total. The van der Waals surface area contributed by atoms with Crippen LogP contribution < -0.4 is 5.32 Å². The number of esters is 1. The molecule has 24 heavy (non-hydrogen) atoms. The molecule has 3 atom stereocenters. The van der Waals surface area contributed by atoms with E-state index in [0.29, 0.717) is 0 Å². The first-order valence-corrected chi connectivity index (χ1v) is 8.35. The minimum absolute atomic E-state index is 0.275. The molecule has 0 spiro atoms. The number of hydrogen-bond acceptors (Lipinski definition) is 4. The van der Waals surface area contributed by atoms with Crippen molar-refractivity contribution < 1.29 is 18.7 Å². The number of hydrogen-bond donors (Lipinski definition) is 1. The van der Waals surface area contributed by atoms with E-state index in [1.165, 1.54) is 12.1 Å². The van der Waals surface area contributed by atoms with Crippen LogP contribution in [0.2, 0.25) is 0 Å². The molecule has 0 bridgehead atoms. The lowest BCUT2D eigenvalue weighted by Gasteiger charge is -2.31. The van der Waals surface area contributed by atoms with Crippen LogP contribution in [0.25, 0.3) is 0 Å². The number of likely N-dealkylation sites (tertiary alicyclic amines) is 1. The molecule has 1 aromatic rings. The fourth-order valence-corrected chi connectivity index (χ4v) is 2.84. The summed E-state index contributed by atoms with van der Waals surface area (Å²) in [6, 6.07) is 5.36. The van der Waals surface area contributed by atoms with E-state index in [1.807, 2.05) is 11.9 Å². The number of nitrogens with one attached hydrogen (secondary N) is 1. The number of piperidine rings is 1. The summed E-state index contributed by atoms with van der Waals surface area (Å²) in [7, 11) is 1.90. The second kappa shape index (κ2) is 8.24. The van der Waals surface area contributed by atoms with Gasteiger partial charge in [0, 0.05) is 0 Å². The number of rotatable bonds is 5. The van der Waals surface area contributed by atoms with E-state index in [9.17, 15) is 14.0 Å². The lowest BCUT2D eigenvalue weighted by atomic mass is 10.0. The van der Waals surface area contributed by atoms with Crippen molar-refractivity contribution >= 4 is 11.9 Å². The third kappa shape index (κ3) is 4.77. The molecule has 1 amide bonds. The predicted octanol–water partition coefficient (Wildman–Crippen LogP) is 2.42. The minimum atomic E-state index is -0.865. The van der Waals surface area contributed by atoms with Crippen LogP contribution in [0, 0.1) is 5.82 Å². The maximum atomic E-state index is 12.9. The van der Waals surface area contributed by atoms with Gasteiger partial charge in [-0.15, -0.1) is 0 Å². The second-order valence-corrected chi connectivity index (χ2v) is 6.35. The SMILES string of the molecule is C[C@H](OC(=O)[C@H]1CCCCN1C)C(=O)N[C@H](C)c1ccc(F)cc1. The number of halogens is 1. The quantitative estimate of drug-likeness (QED) is 0.839. The van der Waals surface area contributed by atoms with Gasteiger partial charge in [0.1, 0.15) is 11.9 Å². The number of benzene rings is 1. The molecule has 1 aromatic carbocycles. The number of carbonyl (C=O) groups excluding carboxylic acids is 2. The Bertz CT molecular complexity index is 576. The molecule has 132 valence electrons. The van der Waals surface area contributed by atoms with Crippen LogP contribution in [0.5, 0.6) is 0 Å². The van der Waals surface area contributed by atoms with Crippen LogP contribution in [0.15, 0.2) is 24.3 Å². The van der Waals surface area contributed by atoms with Gasteiger partial charge in [-0.3, -0.25) is 14.5 Å². The Labute approximate surface area is 142 Å². The average molecular weight is 336 g/mol. The van der Waals surface area contributed by atoms with Crippen molar-refractivity contribution in [2.45, 2.75) is 51.3 Å². The number of likely N-dealkylation sites (N-methyl/N-ethyl adjacent to an activating group) is 1. The Morgan fingerprint density at radius 2 is 1.92 bits per heavy atom. The van der Waals surface area contributed by atoms with Crippen molar-refractivity contribution in [3.05, 3.63) is 35.6 Å². The van der Waals surface area contributed by atoms with Crippen LogP contribution in [-0.2, 0) is 14.3 Å². The Kier molecular flexibility index (Phi) is 6.31. The molecule has 1 aliphatic heterocycles. The zero-order valence-corrected chi connectivity index (χ0v) is 14.4. The van der Waals surface area contributed by atoms with Gasteiger partial charge in [-0.25, -0.2) is 4.39 Å². The molecule has 0 radical (unpaired) electrons. The molecule has 0 saturated carbocycles. The number of nitrogens with zero attached hydrogens (tertiary/aromatic N) is 1. The Morgan fingerprint density at radius 3 is 2.54 bits per heavy atom. The standard InChI is InChI=1S/C18H25FN2O3/c1-12(14-7-9-15(19)10-8-14)20-17(22)13(2)24-18(23)16-6-4-5-11-21(16)3/h7-10,12-13,16H,4-6,11H2,1-3H3,(H,20,22)/t12-,13+,16-/m1/s1.